The number of nitrogens with zero attached hydrogens (tertiary/aromatic N) is 2. The molecule has 0 radical (unpaired) electrons. The number of aryl methyl sites for hydroxylation is 1. The van der Waals surface area contributed by atoms with Crippen LogP contribution in [0.25, 0.3) is 22.1 Å². The van der Waals surface area contributed by atoms with Crippen molar-refractivity contribution in [3.8, 4) is 0 Å². The Bertz CT molecular complexity index is 693. The number of rotatable bonds is 2. The van der Waals surface area contributed by atoms with Gasteiger partial charge in [-0.15, -0.1) is 12.4 Å². The third-order valence-electron chi connectivity index (χ3n) is 2.82. The van der Waals surface area contributed by atoms with Gasteiger partial charge >= 0.3 is 0 Å². The standard InChI is InChI=1S/C13H13N3O.ClH/c1-3-10-15-11-8-6-4-5-7-9(8)17-12(11)13(14-2)16-10;/h4-7H,3H2,1-2H3,(H,14,15,16);1H. The van der Waals surface area contributed by atoms with E-state index in [1.165, 1.54) is 0 Å². The summed E-state index contributed by atoms with van der Waals surface area (Å²) in [4.78, 5) is 8.96. The van der Waals surface area contributed by atoms with E-state index in [1.807, 2.05) is 38.2 Å². The molecule has 4 nitrogen and oxygen atoms in total. The Morgan fingerprint density at radius 3 is 2.72 bits per heavy atom. The number of fused-ring (bicyclic) bond motifs is 3. The molecule has 0 bridgehead atoms. The number of para-hydroxylation sites is 1. The van der Waals surface area contributed by atoms with Crippen molar-refractivity contribution in [1.29, 1.82) is 0 Å². The number of hydrogen-bond donors (Lipinski definition) is 1. The van der Waals surface area contributed by atoms with Crippen LogP contribution in [0.1, 0.15) is 12.7 Å². The Balaban J connectivity index is 0.00000120. The number of halogens is 1. The summed E-state index contributed by atoms with van der Waals surface area (Å²) in [5, 5.41) is 4.10. The fourth-order valence-electron chi connectivity index (χ4n) is 1.96. The second-order valence-corrected chi connectivity index (χ2v) is 3.87. The fraction of sp³-hybridized carbons (Fsp3) is 0.231. The highest BCUT2D eigenvalue weighted by molar-refractivity contribution is 6.05. The summed E-state index contributed by atoms with van der Waals surface area (Å²) in [5.74, 6) is 1.58. The van der Waals surface area contributed by atoms with E-state index in [1.54, 1.807) is 0 Å². The van der Waals surface area contributed by atoms with Crippen molar-refractivity contribution < 1.29 is 4.42 Å². The van der Waals surface area contributed by atoms with E-state index in [9.17, 15) is 0 Å². The molecule has 94 valence electrons. The predicted octanol–water partition coefficient (Wildman–Crippen LogP) is 3.40. The van der Waals surface area contributed by atoms with Gasteiger partial charge in [-0.25, -0.2) is 9.97 Å². The fourth-order valence-corrected chi connectivity index (χ4v) is 1.96. The maximum Gasteiger partial charge on any atom is 0.196 e. The summed E-state index contributed by atoms with van der Waals surface area (Å²) in [5.41, 5.74) is 2.46. The lowest BCUT2D eigenvalue weighted by molar-refractivity contribution is 0.666. The number of furan rings is 1. The highest BCUT2D eigenvalue weighted by Gasteiger charge is 2.13. The van der Waals surface area contributed by atoms with Crippen molar-refractivity contribution >= 4 is 40.3 Å². The Labute approximate surface area is 111 Å². The third kappa shape index (κ3) is 1.78. The molecule has 0 unspecified atom stereocenters. The summed E-state index contributed by atoms with van der Waals surface area (Å²) in [6.07, 6.45) is 0.810. The molecule has 3 rings (SSSR count). The van der Waals surface area contributed by atoms with E-state index in [0.717, 1.165) is 40.1 Å². The number of nitrogens with one attached hydrogen (secondary N) is 1. The van der Waals surface area contributed by atoms with E-state index < -0.39 is 0 Å². The zero-order valence-electron chi connectivity index (χ0n) is 10.2. The highest BCUT2D eigenvalue weighted by atomic mass is 35.5. The van der Waals surface area contributed by atoms with Crippen LogP contribution in [0.3, 0.4) is 0 Å². The molecular weight excluding hydrogens is 250 g/mol. The van der Waals surface area contributed by atoms with Gasteiger partial charge in [0.05, 0.1) is 0 Å². The lowest BCUT2D eigenvalue weighted by atomic mass is 10.2. The monoisotopic (exact) mass is 263 g/mol. The average molecular weight is 264 g/mol. The third-order valence-corrected chi connectivity index (χ3v) is 2.82. The maximum atomic E-state index is 5.79. The second-order valence-electron chi connectivity index (χ2n) is 3.87. The van der Waals surface area contributed by atoms with Crippen LogP contribution in [0.5, 0.6) is 0 Å². The molecule has 0 spiro atoms. The largest absolute Gasteiger partial charge is 0.450 e. The normalized spacial score (nSPS) is 10.6. The minimum atomic E-state index is 0. The number of benzene rings is 1. The van der Waals surface area contributed by atoms with E-state index >= 15 is 0 Å². The molecule has 0 aliphatic carbocycles. The molecule has 2 heterocycles. The van der Waals surface area contributed by atoms with Crippen LogP contribution in [-0.2, 0) is 6.42 Å². The van der Waals surface area contributed by atoms with Gasteiger partial charge < -0.3 is 9.73 Å². The average Bonchev–Trinajstić information content (AvgIpc) is 2.76. The van der Waals surface area contributed by atoms with Crippen LogP contribution in [0.4, 0.5) is 5.82 Å². The number of anilines is 1. The lowest BCUT2D eigenvalue weighted by Gasteiger charge is -2.01. The Kier molecular flexibility index (Phi) is 3.39. The molecular formula is C13H14ClN3O. The van der Waals surface area contributed by atoms with Crippen molar-refractivity contribution in [3.05, 3.63) is 30.1 Å². The lowest BCUT2D eigenvalue weighted by Crippen LogP contribution is -1.99. The van der Waals surface area contributed by atoms with Crippen LogP contribution in [0.15, 0.2) is 28.7 Å². The van der Waals surface area contributed by atoms with E-state index in [0.29, 0.717) is 0 Å². The summed E-state index contributed by atoms with van der Waals surface area (Å²) < 4.78 is 5.79. The predicted molar refractivity (Wildman–Crippen MR) is 75.5 cm³/mol. The molecule has 2 aromatic heterocycles. The molecule has 0 saturated carbocycles. The van der Waals surface area contributed by atoms with Crippen molar-refractivity contribution in [2.24, 2.45) is 0 Å². The van der Waals surface area contributed by atoms with E-state index in [2.05, 4.69) is 15.3 Å². The van der Waals surface area contributed by atoms with Crippen molar-refractivity contribution in [2.45, 2.75) is 13.3 Å². The van der Waals surface area contributed by atoms with Gasteiger partial charge in [0.2, 0.25) is 0 Å². The summed E-state index contributed by atoms with van der Waals surface area (Å²) in [6, 6.07) is 7.91. The molecule has 18 heavy (non-hydrogen) atoms. The molecule has 0 amide bonds. The topological polar surface area (TPSA) is 51.0 Å². The first-order chi connectivity index (χ1) is 8.33. The first kappa shape index (κ1) is 12.6. The number of hydrogen-bond acceptors (Lipinski definition) is 4. The SMILES string of the molecule is CCc1nc(NC)c2oc3ccccc3c2n1.Cl. The molecule has 0 fully saturated rings. The molecule has 1 N–H and O–H groups in total. The van der Waals surface area contributed by atoms with Gasteiger partial charge in [0, 0.05) is 18.9 Å². The van der Waals surface area contributed by atoms with Gasteiger partial charge in [-0.3, -0.25) is 0 Å². The van der Waals surface area contributed by atoms with Crippen LogP contribution in [0, 0.1) is 0 Å². The van der Waals surface area contributed by atoms with E-state index in [4.69, 9.17) is 4.42 Å². The summed E-state index contributed by atoms with van der Waals surface area (Å²) >= 11 is 0. The quantitative estimate of drug-likeness (QED) is 0.770. The first-order valence-electron chi connectivity index (χ1n) is 5.69. The van der Waals surface area contributed by atoms with Crippen LogP contribution < -0.4 is 5.32 Å². The summed E-state index contributed by atoms with van der Waals surface area (Å²) in [6.45, 7) is 2.04. The Hall–Kier alpha value is -1.81. The van der Waals surface area contributed by atoms with Gasteiger partial charge in [0.25, 0.3) is 0 Å². The van der Waals surface area contributed by atoms with Gasteiger partial charge in [-0.2, -0.15) is 0 Å². The van der Waals surface area contributed by atoms with Crippen LogP contribution in [0.2, 0.25) is 0 Å². The van der Waals surface area contributed by atoms with E-state index in [-0.39, 0.29) is 12.4 Å². The zero-order valence-corrected chi connectivity index (χ0v) is 11.0. The minimum absolute atomic E-state index is 0. The maximum absolute atomic E-state index is 5.79. The molecule has 1 aromatic carbocycles. The number of aromatic nitrogens is 2. The molecule has 0 atom stereocenters. The van der Waals surface area contributed by atoms with Gasteiger partial charge in [0.1, 0.15) is 16.9 Å². The Morgan fingerprint density at radius 1 is 1.22 bits per heavy atom. The summed E-state index contributed by atoms with van der Waals surface area (Å²) in [7, 11) is 1.84. The Morgan fingerprint density at radius 2 is 2.00 bits per heavy atom. The molecule has 0 aliphatic rings. The van der Waals surface area contributed by atoms with Crippen molar-refractivity contribution in [1.82, 2.24) is 9.97 Å². The minimum Gasteiger partial charge on any atom is -0.450 e. The smallest absolute Gasteiger partial charge is 0.196 e. The first-order valence-corrected chi connectivity index (χ1v) is 5.69. The van der Waals surface area contributed by atoms with Gasteiger partial charge in [-0.05, 0) is 12.1 Å². The van der Waals surface area contributed by atoms with Crippen molar-refractivity contribution in [2.75, 3.05) is 12.4 Å². The molecule has 0 aliphatic heterocycles. The molecule has 0 saturated heterocycles. The highest BCUT2D eigenvalue weighted by Crippen LogP contribution is 2.30. The van der Waals surface area contributed by atoms with Crippen LogP contribution in [-0.4, -0.2) is 17.0 Å². The molecule has 5 heteroatoms. The van der Waals surface area contributed by atoms with Crippen LogP contribution >= 0.6 is 12.4 Å². The molecule has 3 aromatic rings. The zero-order chi connectivity index (χ0) is 11.8. The second kappa shape index (κ2) is 4.82. The van der Waals surface area contributed by atoms with Gasteiger partial charge in [0.15, 0.2) is 11.4 Å². The van der Waals surface area contributed by atoms with Crippen molar-refractivity contribution in [3.63, 3.8) is 0 Å². The van der Waals surface area contributed by atoms with Gasteiger partial charge in [-0.1, -0.05) is 19.1 Å².